The van der Waals surface area contributed by atoms with Crippen molar-refractivity contribution in [2.75, 3.05) is 20.1 Å². The van der Waals surface area contributed by atoms with E-state index in [1.165, 1.54) is 0 Å². The Kier molecular flexibility index (Phi) is 4.08. The molecule has 0 amide bonds. The first kappa shape index (κ1) is 11.7. The molecule has 0 bridgehead atoms. The lowest BCUT2D eigenvalue weighted by molar-refractivity contribution is -0.127. The van der Waals surface area contributed by atoms with E-state index in [9.17, 15) is 9.90 Å². The SMILES string of the molecule is CC(=O)C(C(C)O)C1CCN(C)CC1. The van der Waals surface area contributed by atoms with Gasteiger partial charge in [-0.05, 0) is 52.7 Å². The van der Waals surface area contributed by atoms with Gasteiger partial charge in [-0.3, -0.25) is 4.79 Å². The Hall–Kier alpha value is -0.410. The number of rotatable bonds is 3. The molecule has 0 aromatic heterocycles. The van der Waals surface area contributed by atoms with Crippen LogP contribution >= 0.6 is 0 Å². The van der Waals surface area contributed by atoms with Crippen LogP contribution in [0.3, 0.4) is 0 Å². The number of Topliss-reactive ketones (excluding diaryl/α,β-unsaturated/α-hetero) is 1. The quantitative estimate of drug-likeness (QED) is 0.734. The standard InChI is InChI=1S/C11H21NO2/c1-8(13)11(9(2)14)10-4-6-12(3)7-5-10/h8,10-11,13H,4-7H2,1-3H3. The van der Waals surface area contributed by atoms with Crippen molar-refractivity contribution >= 4 is 5.78 Å². The van der Waals surface area contributed by atoms with Gasteiger partial charge in [0, 0.05) is 5.92 Å². The first-order valence-corrected chi connectivity index (χ1v) is 5.39. The number of aliphatic hydroxyl groups is 1. The lowest BCUT2D eigenvalue weighted by atomic mass is 9.79. The van der Waals surface area contributed by atoms with E-state index in [1.807, 2.05) is 0 Å². The third-order valence-electron chi connectivity index (χ3n) is 3.26. The maximum absolute atomic E-state index is 11.4. The predicted molar refractivity (Wildman–Crippen MR) is 56.1 cm³/mol. The number of aliphatic hydroxyl groups excluding tert-OH is 1. The Bertz CT molecular complexity index is 195. The molecule has 3 nitrogen and oxygen atoms in total. The minimum absolute atomic E-state index is 0.134. The summed E-state index contributed by atoms with van der Waals surface area (Å²) in [6.07, 6.45) is 1.57. The van der Waals surface area contributed by atoms with Gasteiger partial charge in [-0.1, -0.05) is 0 Å². The first-order valence-electron chi connectivity index (χ1n) is 5.39. The second-order valence-electron chi connectivity index (χ2n) is 4.52. The topological polar surface area (TPSA) is 40.5 Å². The van der Waals surface area contributed by atoms with Crippen LogP contribution in [0.25, 0.3) is 0 Å². The summed E-state index contributed by atoms with van der Waals surface area (Å²) in [6, 6.07) is 0. The van der Waals surface area contributed by atoms with Crippen LogP contribution in [0.5, 0.6) is 0 Å². The van der Waals surface area contributed by atoms with Crippen molar-refractivity contribution in [3.63, 3.8) is 0 Å². The van der Waals surface area contributed by atoms with Gasteiger partial charge in [0.15, 0.2) is 0 Å². The van der Waals surface area contributed by atoms with Crippen molar-refractivity contribution < 1.29 is 9.90 Å². The lowest BCUT2D eigenvalue weighted by Gasteiger charge is -2.34. The van der Waals surface area contributed by atoms with Gasteiger partial charge in [0.25, 0.3) is 0 Å². The number of likely N-dealkylation sites (tertiary alicyclic amines) is 1. The monoisotopic (exact) mass is 199 g/mol. The Labute approximate surface area is 86.1 Å². The zero-order valence-corrected chi connectivity index (χ0v) is 9.36. The van der Waals surface area contributed by atoms with Gasteiger partial charge in [-0.2, -0.15) is 0 Å². The molecule has 2 atom stereocenters. The van der Waals surface area contributed by atoms with E-state index in [-0.39, 0.29) is 11.7 Å². The van der Waals surface area contributed by atoms with Crippen LogP contribution in [0.1, 0.15) is 26.7 Å². The van der Waals surface area contributed by atoms with Gasteiger partial charge >= 0.3 is 0 Å². The Morgan fingerprint density at radius 2 is 1.93 bits per heavy atom. The number of carbonyl (C=O) groups excluding carboxylic acids is 1. The highest BCUT2D eigenvalue weighted by atomic mass is 16.3. The maximum atomic E-state index is 11.4. The zero-order chi connectivity index (χ0) is 10.7. The molecule has 1 saturated heterocycles. The summed E-state index contributed by atoms with van der Waals surface area (Å²) < 4.78 is 0. The van der Waals surface area contributed by atoms with E-state index in [1.54, 1.807) is 13.8 Å². The molecule has 1 rings (SSSR count). The molecule has 0 aromatic carbocycles. The number of nitrogens with zero attached hydrogens (tertiary/aromatic N) is 1. The Morgan fingerprint density at radius 1 is 1.43 bits per heavy atom. The van der Waals surface area contributed by atoms with Gasteiger partial charge < -0.3 is 10.0 Å². The molecule has 2 unspecified atom stereocenters. The fourth-order valence-electron chi connectivity index (χ4n) is 2.45. The molecular formula is C11H21NO2. The molecule has 0 aromatic rings. The lowest BCUT2D eigenvalue weighted by Crippen LogP contribution is -2.39. The van der Waals surface area contributed by atoms with Crippen LogP contribution in [-0.2, 0) is 4.79 Å². The molecule has 82 valence electrons. The molecule has 3 heteroatoms. The molecule has 1 aliphatic heterocycles. The van der Waals surface area contributed by atoms with E-state index in [2.05, 4.69) is 11.9 Å². The molecule has 1 heterocycles. The van der Waals surface area contributed by atoms with Gasteiger partial charge in [-0.25, -0.2) is 0 Å². The molecule has 0 radical (unpaired) electrons. The van der Waals surface area contributed by atoms with E-state index < -0.39 is 6.10 Å². The largest absolute Gasteiger partial charge is 0.393 e. The highest BCUT2D eigenvalue weighted by molar-refractivity contribution is 5.79. The summed E-state index contributed by atoms with van der Waals surface area (Å²) in [7, 11) is 2.10. The summed E-state index contributed by atoms with van der Waals surface area (Å²) in [6.45, 7) is 5.41. The van der Waals surface area contributed by atoms with Crippen molar-refractivity contribution in [2.45, 2.75) is 32.8 Å². The number of hydrogen-bond acceptors (Lipinski definition) is 3. The minimum Gasteiger partial charge on any atom is -0.393 e. The second-order valence-corrected chi connectivity index (χ2v) is 4.52. The van der Waals surface area contributed by atoms with Crippen LogP contribution in [0.4, 0.5) is 0 Å². The first-order chi connectivity index (χ1) is 6.52. The second kappa shape index (κ2) is 4.89. The smallest absolute Gasteiger partial charge is 0.135 e. The molecule has 1 fully saturated rings. The summed E-state index contributed by atoms with van der Waals surface area (Å²) in [4.78, 5) is 13.7. The van der Waals surface area contributed by atoms with Crippen molar-refractivity contribution in [1.82, 2.24) is 4.90 Å². The third kappa shape index (κ3) is 2.79. The fraction of sp³-hybridized carbons (Fsp3) is 0.909. The summed E-state index contributed by atoms with van der Waals surface area (Å²) >= 11 is 0. The average molecular weight is 199 g/mol. The Morgan fingerprint density at radius 3 is 2.29 bits per heavy atom. The molecule has 1 N–H and O–H groups in total. The van der Waals surface area contributed by atoms with Crippen molar-refractivity contribution in [3.05, 3.63) is 0 Å². The summed E-state index contributed by atoms with van der Waals surface area (Å²) in [5.41, 5.74) is 0. The normalized spacial score (nSPS) is 24.6. The molecular weight excluding hydrogens is 178 g/mol. The highest BCUT2D eigenvalue weighted by Crippen LogP contribution is 2.27. The molecule has 1 aliphatic rings. The van der Waals surface area contributed by atoms with Crippen LogP contribution in [0.2, 0.25) is 0 Å². The van der Waals surface area contributed by atoms with E-state index >= 15 is 0 Å². The number of hydrogen-bond donors (Lipinski definition) is 1. The molecule has 0 aliphatic carbocycles. The number of carbonyl (C=O) groups is 1. The molecule has 0 saturated carbocycles. The van der Waals surface area contributed by atoms with Gasteiger partial charge in [0.05, 0.1) is 6.10 Å². The highest BCUT2D eigenvalue weighted by Gasteiger charge is 2.31. The van der Waals surface area contributed by atoms with Gasteiger partial charge in [0.1, 0.15) is 5.78 Å². The molecule has 0 spiro atoms. The average Bonchev–Trinajstić information content (AvgIpc) is 2.07. The zero-order valence-electron chi connectivity index (χ0n) is 9.36. The maximum Gasteiger partial charge on any atom is 0.135 e. The Balaban J connectivity index is 2.56. The van der Waals surface area contributed by atoms with Crippen LogP contribution in [0, 0.1) is 11.8 Å². The summed E-state index contributed by atoms with van der Waals surface area (Å²) in [5, 5.41) is 9.57. The fourth-order valence-corrected chi connectivity index (χ4v) is 2.45. The third-order valence-corrected chi connectivity index (χ3v) is 3.26. The van der Waals surface area contributed by atoms with Crippen molar-refractivity contribution in [1.29, 1.82) is 0 Å². The van der Waals surface area contributed by atoms with E-state index in [0.29, 0.717) is 5.92 Å². The minimum atomic E-state index is -0.499. The molecule has 14 heavy (non-hydrogen) atoms. The van der Waals surface area contributed by atoms with Crippen molar-refractivity contribution in [2.24, 2.45) is 11.8 Å². The number of piperidine rings is 1. The van der Waals surface area contributed by atoms with Crippen LogP contribution < -0.4 is 0 Å². The van der Waals surface area contributed by atoms with Gasteiger partial charge in [0.2, 0.25) is 0 Å². The summed E-state index contributed by atoms with van der Waals surface area (Å²) in [5.74, 6) is 0.363. The predicted octanol–water partition coefficient (Wildman–Crippen LogP) is 0.914. The van der Waals surface area contributed by atoms with E-state index in [4.69, 9.17) is 0 Å². The van der Waals surface area contributed by atoms with Crippen molar-refractivity contribution in [3.8, 4) is 0 Å². The number of ketones is 1. The van der Waals surface area contributed by atoms with Crippen LogP contribution in [0.15, 0.2) is 0 Å². The van der Waals surface area contributed by atoms with Crippen LogP contribution in [-0.4, -0.2) is 42.0 Å². The van der Waals surface area contributed by atoms with Gasteiger partial charge in [-0.15, -0.1) is 0 Å². The van der Waals surface area contributed by atoms with E-state index in [0.717, 1.165) is 25.9 Å².